The Morgan fingerprint density at radius 3 is 2.70 bits per heavy atom. The van der Waals surface area contributed by atoms with E-state index in [-0.39, 0.29) is 0 Å². The number of anilines is 3. The first-order valence-corrected chi connectivity index (χ1v) is 14.3. The Kier molecular flexibility index (Phi) is 11.3. The Labute approximate surface area is 222 Å². The molecule has 0 saturated carbocycles. The standard InChI is InChI=1S/C27H39N5O3.C2H6/c1-2-12-31(11-1)14-17-35-25-8-7-24-18-23(25)21-34-16-4-3-15-33-20-22-6-5-13-32(19-22)26-9-10-28-27(29-24)30-26;1-2/h7-10,18,22H,1-6,11-17,19-21H2,(H,28,29,30);1-2H3. The van der Waals surface area contributed by atoms with Gasteiger partial charge in [0.1, 0.15) is 18.2 Å². The lowest BCUT2D eigenvalue weighted by Crippen LogP contribution is -2.37. The largest absolute Gasteiger partial charge is 0.492 e. The number of nitrogens with one attached hydrogen (secondary N) is 1. The van der Waals surface area contributed by atoms with Gasteiger partial charge < -0.3 is 24.4 Å². The number of ether oxygens (including phenoxy) is 3. The van der Waals surface area contributed by atoms with E-state index in [1.165, 1.54) is 32.4 Å². The van der Waals surface area contributed by atoms with Crippen LogP contribution in [0.15, 0.2) is 30.5 Å². The molecule has 1 aromatic carbocycles. The Morgan fingerprint density at radius 1 is 1.00 bits per heavy atom. The monoisotopic (exact) mass is 511 g/mol. The Balaban J connectivity index is 0.00000156. The van der Waals surface area contributed by atoms with E-state index in [1.807, 2.05) is 38.2 Å². The Hall–Kier alpha value is -2.42. The first kappa shape index (κ1) is 27.6. The number of nitrogens with zero attached hydrogens (tertiary/aromatic N) is 4. The fourth-order valence-electron chi connectivity index (χ4n) is 5.17. The molecule has 2 aromatic rings. The van der Waals surface area contributed by atoms with Crippen molar-refractivity contribution in [1.82, 2.24) is 14.9 Å². The molecule has 0 aliphatic carbocycles. The molecule has 2 fully saturated rings. The maximum Gasteiger partial charge on any atom is 0.229 e. The highest BCUT2D eigenvalue weighted by Crippen LogP contribution is 2.27. The molecule has 0 amide bonds. The lowest BCUT2D eigenvalue weighted by molar-refractivity contribution is 0.0756. The van der Waals surface area contributed by atoms with Crippen molar-refractivity contribution < 1.29 is 14.2 Å². The highest BCUT2D eigenvalue weighted by molar-refractivity contribution is 5.58. The van der Waals surface area contributed by atoms with Crippen molar-refractivity contribution in [3.8, 4) is 5.75 Å². The van der Waals surface area contributed by atoms with E-state index in [2.05, 4.69) is 26.2 Å². The maximum absolute atomic E-state index is 6.20. The summed E-state index contributed by atoms with van der Waals surface area (Å²) >= 11 is 0. The average Bonchev–Trinajstić information content (AvgIpc) is 3.46. The fourth-order valence-corrected chi connectivity index (χ4v) is 5.17. The van der Waals surface area contributed by atoms with Crippen molar-refractivity contribution >= 4 is 17.5 Å². The maximum atomic E-state index is 6.20. The normalized spacial score (nSPS) is 21.1. The molecular weight excluding hydrogens is 466 g/mol. The molecule has 1 atom stereocenters. The molecule has 2 saturated heterocycles. The molecule has 1 aromatic heterocycles. The van der Waals surface area contributed by atoms with Gasteiger partial charge in [-0.15, -0.1) is 0 Å². The Morgan fingerprint density at radius 2 is 1.84 bits per heavy atom. The van der Waals surface area contributed by atoms with Gasteiger partial charge in [0.15, 0.2) is 0 Å². The van der Waals surface area contributed by atoms with Crippen molar-refractivity contribution in [2.24, 2.45) is 5.92 Å². The van der Waals surface area contributed by atoms with Gasteiger partial charge >= 0.3 is 0 Å². The van der Waals surface area contributed by atoms with Gasteiger partial charge in [-0.25, -0.2) is 4.98 Å². The predicted molar refractivity (Wildman–Crippen MR) is 149 cm³/mol. The molecule has 0 spiro atoms. The van der Waals surface area contributed by atoms with Crippen LogP contribution in [0, 0.1) is 5.92 Å². The van der Waals surface area contributed by atoms with Crippen LogP contribution in [0.25, 0.3) is 0 Å². The molecular formula is C29H45N5O3. The summed E-state index contributed by atoms with van der Waals surface area (Å²) in [5, 5.41) is 3.40. The van der Waals surface area contributed by atoms with Gasteiger partial charge in [-0.3, -0.25) is 4.90 Å². The van der Waals surface area contributed by atoms with Gasteiger partial charge in [0.05, 0.1) is 13.2 Å². The summed E-state index contributed by atoms with van der Waals surface area (Å²) in [6.45, 7) is 12.9. The van der Waals surface area contributed by atoms with Gasteiger partial charge in [-0.1, -0.05) is 13.8 Å². The lowest BCUT2D eigenvalue weighted by atomic mass is 9.99. The number of hydrogen-bond donors (Lipinski definition) is 1. The minimum absolute atomic E-state index is 0.520. The van der Waals surface area contributed by atoms with Gasteiger partial charge in [-0.2, -0.15) is 4.98 Å². The van der Waals surface area contributed by atoms with Crippen molar-refractivity contribution in [2.75, 3.05) is 69.4 Å². The minimum atomic E-state index is 0.520. The van der Waals surface area contributed by atoms with Crippen LogP contribution >= 0.6 is 0 Å². The van der Waals surface area contributed by atoms with Crippen LogP contribution in [-0.4, -0.2) is 74.0 Å². The number of aromatic nitrogens is 2. The lowest BCUT2D eigenvalue weighted by Gasteiger charge is -2.33. The van der Waals surface area contributed by atoms with Crippen molar-refractivity contribution in [2.45, 2.75) is 59.0 Å². The van der Waals surface area contributed by atoms with E-state index >= 15 is 0 Å². The predicted octanol–water partition coefficient (Wildman–Crippen LogP) is 5.26. The van der Waals surface area contributed by atoms with Crippen molar-refractivity contribution in [3.63, 3.8) is 0 Å². The first-order valence-electron chi connectivity index (χ1n) is 14.3. The van der Waals surface area contributed by atoms with Crippen LogP contribution in [0.2, 0.25) is 0 Å². The molecule has 1 unspecified atom stereocenters. The molecule has 204 valence electrons. The van der Waals surface area contributed by atoms with Crippen molar-refractivity contribution in [1.29, 1.82) is 0 Å². The smallest absolute Gasteiger partial charge is 0.229 e. The SMILES string of the molecule is CC.c1cc2nc(n1)Nc1ccc(OCCN3CCCC3)c(c1)COCCCCOCC1CCCN2C1. The van der Waals surface area contributed by atoms with Crippen LogP contribution in [0.5, 0.6) is 5.75 Å². The number of rotatable bonds is 4. The zero-order valence-corrected chi connectivity index (χ0v) is 22.8. The second-order valence-corrected chi connectivity index (χ2v) is 9.87. The van der Waals surface area contributed by atoms with Crippen LogP contribution in [0.4, 0.5) is 17.5 Å². The third-order valence-corrected chi connectivity index (χ3v) is 7.10. The highest BCUT2D eigenvalue weighted by Gasteiger charge is 2.22. The molecule has 3 aliphatic heterocycles. The molecule has 8 heteroatoms. The average molecular weight is 512 g/mol. The van der Waals surface area contributed by atoms with Crippen molar-refractivity contribution in [3.05, 3.63) is 36.0 Å². The number of fused-ring (bicyclic) bond motifs is 7. The number of hydrogen-bond acceptors (Lipinski definition) is 8. The first-order chi connectivity index (χ1) is 18.3. The summed E-state index contributed by atoms with van der Waals surface area (Å²) < 4.78 is 18.2. The molecule has 5 rings (SSSR count). The topological polar surface area (TPSA) is 72.0 Å². The zero-order valence-electron chi connectivity index (χ0n) is 22.8. The van der Waals surface area contributed by atoms with Gasteiger partial charge in [0.25, 0.3) is 0 Å². The number of piperidine rings is 1. The van der Waals surface area contributed by atoms with E-state index in [9.17, 15) is 0 Å². The molecule has 8 nitrogen and oxygen atoms in total. The van der Waals surface area contributed by atoms with Gasteiger partial charge in [0, 0.05) is 50.3 Å². The number of likely N-dealkylation sites (tertiary alicyclic amines) is 1. The van der Waals surface area contributed by atoms with E-state index in [0.29, 0.717) is 25.1 Å². The second kappa shape index (κ2) is 15.1. The molecule has 37 heavy (non-hydrogen) atoms. The molecule has 1 N–H and O–H groups in total. The minimum Gasteiger partial charge on any atom is -0.492 e. The second-order valence-electron chi connectivity index (χ2n) is 9.87. The third kappa shape index (κ3) is 8.55. The van der Waals surface area contributed by atoms with E-state index in [4.69, 9.17) is 19.2 Å². The van der Waals surface area contributed by atoms with Crippen LogP contribution in [0.1, 0.15) is 57.9 Å². The quantitative estimate of drug-likeness (QED) is 0.596. The van der Waals surface area contributed by atoms with E-state index in [1.54, 1.807) is 0 Å². The summed E-state index contributed by atoms with van der Waals surface area (Å²) in [6, 6.07) is 8.18. The molecule has 3 aliphatic rings. The summed E-state index contributed by atoms with van der Waals surface area (Å²) in [5.41, 5.74) is 1.99. The van der Waals surface area contributed by atoms with Crippen LogP contribution in [0.3, 0.4) is 0 Å². The van der Waals surface area contributed by atoms with E-state index in [0.717, 1.165) is 81.5 Å². The van der Waals surface area contributed by atoms with Crippen LogP contribution in [-0.2, 0) is 16.1 Å². The summed E-state index contributed by atoms with van der Waals surface area (Å²) in [5.74, 6) is 3.02. The van der Waals surface area contributed by atoms with E-state index < -0.39 is 0 Å². The molecule has 0 radical (unpaired) electrons. The summed E-state index contributed by atoms with van der Waals surface area (Å²) in [6.07, 6.45) is 8.83. The number of benzene rings is 1. The molecule has 4 heterocycles. The third-order valence-electron chi connectivity index (χ3n) is 7.10. The highest BCUT2D eigenvalue weighted by atomic mass is 16.5. The van der Waals surface area contributed by atoms with Crippen LogP contribution < -0.4 is 15.0 Å². The summed E-state index contributed by atoms with van der Waals surface area (Å²) in [4.78, 5) is 14.1. The summed E-state index contributed by atoms with van der Waals surface area (Å²) in [7, 11) is 0. The Bertz CT molecular complexity index is 938. The molecule has 6 bridgehead atoms. The van der Waals surface area contributed by atoms with Gasteiger partial charge in [0.2, 0.25) is 5.95 Å². The van der Waals surface area contributed by atoms with Gasteiger partial charge in [-0.05, 0) is 81.8 Å². The fraction of sp³-hybridized carbons (Fsp3) is 0.655. The zero-order chi connectivity index (χ0) is 25.7.